The fraction of sp³-hybridized carbons (Fsp3) is 0.350. The summed E-state index contributed by atoms with van der Waals surface area (Å²) < 4.78 is 28.4. The van der Waals surface area contributed by atoms with Crippen LogP contribution in [0.1, 0.15) is 24.1 Å². The highest BCUT2D eigenvalue weighted by molar-refractivity contribution is 7.90. The van der Waals surface area contributed by atoms with Gasteiger partial charge >= 0.3 is 0 Å². The van der Waals surface area contributed by atoms with Crippen molar-refractivity contribution in [2.24, 2.45) is 0 Å². The van der Waals surface area contributed by atoms with E-state index < -0.39 is 9.84 Å². The number of para-hydroxylation sites is 1. The van der Waals surface area contributed by atoms with Crippen molar-refractivity contribution >= 4 is 15.7 Å². The fourth-order valence-corrected chi connectivity index (χ4v) is 3.34. The largest absolute Gasteiger partial charge is 0.496 e. The number of nitrogens with one attached hydrogen (secondary N) is 1. The lowest BCUT2D eigenvalue weighted by atomic mass is 10.1. The Morgan fingerprint density at radius 3 is 2.37 bits per heavy atom. The second-order valence-corrected chi connectivity index (χ2v) is 8.54. The molecule has 1 N–H and O–H groups in total. The summed E-state index contributed by atoms with van der Waals surface area (Å²) in [7, 11) is 0.249. The van der Waals surface area contributed by atoms with Crippen molar-refractivity contribution in [3.8, 4) is 5.75 Å². The number of methoxy groups -OCH3 is 1. The fourth-order valence-electron chi connectivity index (χ4n) is 2.71. The minimum absolute atomic E-state index is 0.0318. The Morgan fingerprint density at radius 2 is 1.78 bits per heavy atom. The van der Waals surface area contributed by atoms with Gasteiger partial charge in [-0.2, -0.15) is 0 Å². The van der Waals surface area contributed by atoms with E-state index in [0.717, 1.165) is 16.9 Å². The molecule has 7 heteroatoms. The number of ether oxygens (including phenoxy) is 1. The van der Waals surface area contributed by atoms with Crippen molar-refractivity contribution < 1.29 is 17.9 Å². The third-order valence-electron chi connectivity index (χ3n) is 4.51. The van der Waals surface area contributed by atoms with Gasteiger partial charge in [-0.25, -0.2) is 8.42 Å². The molecule has 0 heterocycles. The first-order chi connectivity index (χ1) is 12.7. The topological polar surface area (TPSA) is 75.7 Å². The first-order valence-electron chi connectivity index (χ1n) is 8.61. The number of nitrogens with zero attached hydrogens (tertiary/aromatic N) is 1. The molecule has 0 aliphatic heterocycles. The number of likely N-dealkylation sites (N-methyl/N-ethyl adjacent to an activating group) is 1. The summed E-state index contributed by atoms with van der Waals surface area (Å²) in [6, 6.07) is 14.3. The van der Waals surface area contributed by atoms with Gasteiger partial charge in [0.2, 0.25) is 5.91 Å². The van der Waals surface area contributed by atoms with Gasteiger partial charge in [-0.15, -0.1) is 0 Å². The van der Waals surface area contributed by atoms with E-state index in [1.165, 1.54) is 6.26 Å². The monoisotopic (exact) mass is 390 g/mol. The maximum Gasteiger partial charge on any atom is 0.234 e. The number of carbonyl (C=O) groups is 1. The van der Waals surface area contributed by atoms with E-state index in [0.29, 0.717) is 6.54 Å². The molecule has 1 unspecified atom stereocenters. The summed E-state index contributed by atoms with van der Waals surface area (Å²) in [5, 5.41) is 2.90. The molecule has 146 valence electrons. The van der Waals surface area contributed by atoms with Gasteiger partial charge in [0.15, 0.2) is 9.84 Å². The molecule has 0 saturated carbocycles. The van der Waals surface area contributed by atoms with Crippen molar-refractivity contribution in [2.75, 3.05) is 27.0 Å². The molecule has 0 fully saturated rings. The standard InChI is InChI=1S/C20H26N2O4S/c1-15(16-9-11-18(12-10-16)27(4,24)25)22(2)14-20(23)21-13-17-7-5-6-8-19(17)26-3/h5-12,15H,13-14H2,1-4H3,(H,21,23). The van der Waals surface area contributed by atoms with E-state index in [-0.39, 0.29) is 23.4 Å². The summed E-state index contributed by atoms with van der Waals surface area (Å²) in [5.41, 5.74) is 1.86. The van der Waals surface area contributed by atoms with Gasteiger partial charge in [0, 0.05) is 24.4 Å². The van der Waals surface area contributed by atoms with Crippen LogP contribution in [0.5, 0.6) is 5.75 Å². The molecule has 6 nitrogen and oxygen atoms in total. The third kappa shape index (κ3) is 5.80. The molecule has 0 bridgehead atoms. The van der Waals surface area contributed by atoms with Crippen LogP contribution in [0.4, 0.5) is 0 Å². The minimum atomic E-state index is -3.21. The summed E-state index contributed by atoms with van der Waals surface area (Å²) >= 11 is 0. The number of hydrogen-bond donors (Lipinski definition) is 1. The van der Waals surface area contributed by atoms with Crippen LogP contribution in [-0.4, -0.2) is 46.2 Å². The second-order valence-electron chi connectivity index (χ2n) is 6.52. The van der Waals surface area contributed by atoms with E-state index in [1.54, 1.807) is 31.4 Å². The molecule has 1 atom stereocenters. The van der Waals surface area contributed by atoms with E-state index >= 15 is 0 Å². The lowest BCUT2D eigenvalue weighted by Crippen LogP contribution is -2.36. The third-order valence-corrected chi connectivity index (χ3v) is 5.64. The molecule has 1 amide bonds. The smallest absolute Gasteiger partial charge is 0.234 e. The number of hydrogen-bond acceptors (Lipinski definition) is 5. The molecular weight excluding hydrogens is 364 g/mol. The first-order valence-corrected chi connectivity index (χ1v) is 10.5. The van der Waals surface area contributed by atoms with Crippen molar-refractivity contribution in [3.63, 3.8) is 0 Å². The molecule has 0 aliphatic carbocycles. The molecule has 0 aliphatic rings. The highest BCUT2D eigenvalue weighted by Gasteiger charge is 2.16. The van der Waals surface area contributed by atoms with Gasteiger partial charge in [-0.3, -0.25) is 9.69 Å². The molecule has 2 aromatic rings. The average molecular weight is 391 g/mol. The lowest BCUT2D eigenvalue weighted by molar-refractivity contribution is -0.122. The number of benzene rings is 2. The Bertz CT molecular complexity index is 879. The van der Waals surface area contributed by atoms with Crippen molar-refractivity contribution in [1.82, 2.24) is 10.2 Å². The predicted octanol–water partition coefficient (Wildman–Crippen LogP) is 2.41. The quantitative estimate of drug-likeness (QED) is 0.749. The lowest BCUT2D eigenvalue weighted by Gasteiger charge is -2.24. The van der Waals surface area contributed by atoms with Crippen LogP contribution in [0.3, 0.4) is 0 Å². The van der Waals surface area contributed by atoms with Crippen LogP contribution in [-0.2, 0) is 21.2 Å². The molecule has 0 spiro atoms. The van der Waals surface area contributed by atoms with Crippen molar-refractivity contribution in [2.45, 2.75) is 24.4 Å². The Balaban J connectivity index is 1.93. The number of sulfone groups is 1. The van der Waals surface area contributed by atoms with E-state index in [4.69, 9.17) is 4.74 Å². The number of carbonyl (C=O) groups excluding carboxylic acids is 1. The average Bonchev–Trinajstić information content (AvgIpc) is 2.65. The zero-order chi connectivity index (χ0) is 20.0. The molecular formula is C20H26N2O4S. The summed E-state index contributed by atoms with van der Waals surface area (Å²) in [6.45, 7) is 2.60. The molecule has 0 radical (unpaired) electrons. The summed E-state index contributed by atoms with van der Waals surface area (Å²) in [6.07, 6.45) is 1.18. The summed E-state index contributed by atoms with van der Waals surface area (Å²) in [5.74, 6) is 0.647. The second kappa shape index (κ2) is 9.01. The van der Waals surface area contributed by atoms with Gasteiger partial charge in [-0.1, -0.05) is 30.3 Å². The summed E-state index contributed by atoms with van der Waals surface area (Å²) in [4.78, 5) is 14.5. The van der Waals surface area contributed by atoms with Gasteiger partial charge in [0.25, 0.3) is 0 Å². The normalized spacial score (nSPS) is 12.6. The minimum Gasteiger partial charge on any atom is -0.496 e. The van der Waals surface area contributed by atoms with Crippen LogP contribution >= 0.6 is 0 Å². The van der Waals surface area contributed by atoms with Gasteiger partial charge in [-0.05, 0) is 37.7 Å². The maximum atomic E-state index is 12.3. The Labute approximate surface area is 161 Å². The van der Waals surface area contributed by atoms with Crippen molar-refractivity contribution in [3.05, 3.63) is 59.7 Å². The van der Waals surface area contributed by atoms with Crippen LogP contribution in [0, 0.1) is 0 Å². The van der Waals surface area contributed by atoms with E-state index in [1.807, 2.05) is 43.1 Å². The molecule has 0 saturated heterocycles. The van der Waals surface area contributed by atoms with Crippen LogP contribution < -0.4 is 10.1 Å². The maximum absolute atomic E-state index is 12.3. The number of amides is 1. The van der Waals surface area contributed by atoms with Crippen LogP contribution in [0.15, 0.2) is 53.4 Å². The number of rotatable bonds is 8. The highest BCUT2D eigenvalue weighted by atomic mass is 32.2. The van der Waals surface area contributed by atoms with E-state index in [2.05, 4.69) is 5.32 Å². The van der Waals surface area contributed by atoms with Gasteiger partial charge in [0.05, 0.1) is 18.6 Å². The molecule has 27 heavy (non-hydrogen) atoms. The zero-order valence-corrected chi connectivity index (χ0v) is 16.9. The Morgan fingerprint density at radius 1 is 1.15 bits per heavy atom. The van der Waals surface area contributed by atoms with Crippen molar-refractivity contribution in [1.29, 1.82) is 0 Å². The Hall–Kier alpha value is -2.38. The first kappa shape index (κ1) is 20.9. The van der Waals surface area contributed by atoms with E-state index in [9.17, 15) is 13.2 Å². The van der Waals surface area contributed by atoms with Crippen LogP contribution in [0.2, 0.25) is 0 Å². The zero-order valence-electron chi connectivity index (χ0n) is 16.1. The molecule has 2 rings (SSSR count). The molecule has 0 aromatic heterocycles. The SMILES string of the molecule is COc1ccccc1CNC(=O)CN(C)C(C)c1ccc(S(C)(=O)=O)cc1. The van der Waals surface area contributed by atoms with Gasteiger partial charge in [0.1, 0.15) is 5.75 Å². The molecule has 2 aromatic carbocycles. The van der Waals surface area contributed by atoms with Gasteiger partial charge < -0.3 is 10.1 Å². The Kier molecular flexibility index (Phi) is 6.98. The highest BCUT2D eigenvalue weighted by Crippen LogP contribution is 2.21. The van der Waals surface area contributed by atoms with Crippen LogP contribution in [0.25, 0.3) is 0 Å². The predicted molar refractivity (Wildman–Crippen MR) is 105 cm³/mol.